The Balaban J connectivity index is 0.00000387. The summed E-state index contributed by atoms with van der Waals surface area (Å²) in [5, 5.41) is 0. The zero-order valence-electron chi connectivity index (χ0n) is 26.2. The molecular weight excluding hydrogens is 544 g/mol. The van der Waals surface area contributed by atoms with E-state index in [9.17, 15) is 0 Å². The molecule has 0 spiro atoms. The first-order valence-corrected chi connectivity index (χ1v) is 15.7. The number of aryl methyl sites for hydroxylation is 4. The average Bonchev–Trinajstić information content (AvgIpc) is 3.67. The third kappa shape index (κ3) is 5.28. The van der Waals surface area contributed by atoms with E-state index < -0.39 is 0 Å². The summed E-state index contributed by atoms with van der Waals surface area (Å²) in [6.45, 7) is 18.1. The Bertz CT molecular complexity index is 1440. The number of nitrogens with zero attached hydrogens (tertiary/aromatic N) is 2. The van der Waals surface area contributed by atoms with Gasteiger partial charge in [0.25, 0.3) is 0 Å². The summed E-state index contributed by atoms with van der Waals surface area (Å²) in [5.41, 5.74) is 20.2. The van der Waals surface area contributed by atoms with Gasteiger partial charge in [-0.3, -0.25) is 0 Å². The Morgan fingerprint density at radius 2 is 0.610 bits per heavy atom. The molecule has 5 heterocycles. The van der Waals surface area contributed by atoms with Crippen LogP contribution in [0.25, 0.3) is 44.4 Å². The minimum atomic E-state index is 0. The Hall–Kier alpha value is -2.88. The largest absolute Gasteiger partial charge is 3.00 e. The number of H-pyrrole nitrogens is 2. The quantitative estimate of drug-likeness (QED) is 0.257. The molecule has 0 atom stereocenters. The van der Waals surface area contributed by atoms with Crippen LogP contribution in [0.15, 0.2) is 24.3 Å². The van der Waals surface area contributed by atoms with Crippen molar-refractivity contribution in [3.05, 3.63) is 69.3 Å². The van der Waals surface area contributed by atoms with E-state index in [4.69, 9.17) is 9.97 Å². The van der Waals surface area contributed by atoms with E-state index in [1.54, 1.807) is 0 Å². The predicted octanol–water partition coefficient (Wildman–Crippen LogP) is 10.0. The maximum Gasteiger partial charge on any atom is 3.00 e. The molecule has 41 heavy (non-hydrogen) atoms. The van der Waals surface area contributed by atoms with Crippen molar-refractivity contribution in [2.24, 2.45) is 0 Å². The Labute approximate surface area is 256 Å². The van der Waals surface area contributed by atoms with Crippen molar-refractivity contribution in [2.75, 3.05) is 0 Å². The smallest absolute Gasteiger partial charge is 0.355 e. The third-order valence-electron chi connectivity index (χ3n) is 8.97. The topological polar surface area (TPSA) is 57.4 Å². The van der Waals surface area contributed by atoms with Crippen LogP contribution in [0.5, 0.6) is 0 Å². The van der Waals surface area contributed by atoms with Crippen LogP contribution < -0.4 is 0 Å². The van der Waals surface area contributed by atoms with Crippen LogP contribution >= 0.6 is 0 Å². The van der Waals surface area contributed by atoms with Crippen molar-refractivity contribution in [1.29, 1.82) is 0 Å². The summed E-state index contributed by atoms with van der Waals surface area (Å²) in [7, 11) is 0. The van der Waals surface area contributed by atoms with E-state index in [1.165, 1.54) is 66.6 Å². The summed E-state index contributed by atoms with van der Waals surface area (Å²) in [6.07, 6.45) is 7.84. The molecule has 0 aromatic carbocycles. The minimum absolute atomic E-state index is 0. The van der Waals surface area contributed by atoms with Crippen LogP contribution in [0.3, 0.4) is 0 Å². The maximum atomic E-state index is 5.29. The second-order valence-electron chi connectivity index (χ2n) is 10.9. The number of fused-ring (bicyclic) bond motifs is 8. The molecule has 215 valence electrons. The van der Waals surface area contributed by atoms with Gasteiger partial charge in [-0.05, 0) is 120 Å². The van der Waals surface area contributed by atoms with Gasteiger partial charge in [-0.2, -0.15) is 0 Å². The third-order valence-corrected chi connectivity index (χ3v) is 8.97. The molecule has 0 amide bonds. The monoisotopic (exact) mass is 590 g/mol. The number of aromatic nitrogens is 4. The molecule has 5 heteroatoms. The fraction of sp³-hybridized carbons (Fsp3) is 0.444. The first kappa shape index (κ1) is 31.1. The Morgan fingerprint density at radius 3 is 0.780 bits per heavy atom. The van der Waals surface area contributed by atoms with Gasteiger partial charge >= 0.3 is 17.1 Å². The molecule has 0 saturated heterocycles. The van der Waals surface area contributed by atoms with Gasteiger partial charge in [-0.1, -0.05) is 55.4 Å². The number of allylic oxidation sites excluding steroid dienone is 4. The van der Waals surface area contributed by atoms with Crippen molar-refractivity contribution in [3.63, 3.8) is 0 Å². The van der Waals surface area contributed by atoms with E-state index in [1.807, 2.05) is 0 Å². The molecule has 4 nitrogen and oxygen atoms in total. The van der Waals surface area contributed by atoms with Gasteiger partial charge in [-0.25, -0.2) is 9.97 Å². The van der Waals surface area contributed by atoms with Gasteiger partial charge in [0.05, 0.1) is 22.8 Å². The first-order valence-electron chi connectivity index (χ1n) is 15.7. The molecule has 2 aliphatic heterocycles. The van der Waals surface area contributed by atoms with Crippen molar-refractivity contribution in [3.8, 4) is 0 Å². The van der Waals surface area contributed by atoms with E-state index in [2.05, 4.69) is 89.6 Å². The second kappa shape index (κ2) is 13.0. The van der Waals surface area contributed by atoms with Gasteiger partial charge in [0.1, 0.15) is 0 Å². The van der Waals surface area contributed by atoms with Gasteiger partial charge in [0.2, 0.25) is 0 Å². The zero-order chi connectivity index (χ0) is 28.6. The Kier molecular flexibility index (Phi) is 9.82. The van der Waals surface area contributed by atoms with Gasteiger partial charge in [0.15, 0.2) is 0 Å². The predicted molar refractivity (Wildman–Crippen MR) is 173 cm³/mol. The van der Waals surface area contributed by atoms with E-state index in [0.717, 1.165) is 74.1 Å². The van der Waals surface area contributed by atoms with Gasteiger partial charge < -0.3 is 9.97 Å². The molecule has 1 radical (unpaired) electrons. The van der Waals surface area contributed by atoms with Crippen LogP contribution in [0, 0.1) is 0 Å². The molecule has 0 saturated carbocycles. The van der Waals surface area contributed by atoms with E-state index >= 15 is 0 Å². The molecule has 3 aromatic rings. The van der Waals surface area contributed by atoms with E-state index in [-0.39, 0.29) is 17.1 Å². The number of hydrogen-bond donors (Lipinski definition) is 2. The van der Waals surface area contributed by atoms with E-state index in [0.29, 0.717) is 0 Å². The van der Waals surface area contributed by atoms with Crippen LogP contribution in [0.1, 0.15) is 126 Å². The standard InChI is InChI=1S/C36H46N4.Fe/c1-9-21-22(10-2)30-18-32-25(13-5)26(14-6)34(39-32)20-36-28(16-8)27(15-7)35(40-36)19-33-24(12-4)23(11-3)31(38-33)17-29(21)37-30;/h17-20,37,40H,9-16H2,1-8H3;/q;+3. The van der Waals surface area contributed by atoms with Crippen molar-refractivity contribution < 1.29 is 17.1 Å². The summed E-state index contributed by atoms with van der Waals surface area (Å²) < 4.78 is 0. The molecule has 2 N–H and O–H groups in total. The number of rotatable bonds is 8. The summed E-state index contributed by atoms with van der Waals surface area (Å²) >= 11 is 0. The fourth-order valence-electron chi connectivity index (χ4n) is 7.10. The maximum absolute atomic E-state index is 5.29. The van der Waals surface area contributed by atoms with Crippen LogP contribution in [-0.2, 0) is 42.8 Å². The SMILES string of the molecule is CCC1=C(CC)c2cc3[nH]c(cc4nc(cc5[nH]c(cc1n2)c(CC)c5CC)C(CC)=C4CC)c(CC)c3CC.[Fe+3]. The van der Waals surface area contributed by atoms with Crippen LogP contribution in [0.2, 0.25) is 0 Å². The summed E-state index contributed by atoms with van der Waals surface area (Å²) in [4.78, 5) is 18.2. The number of hydrogen-bond acceptors (Lipinski definition) is 2. The molecule has 0 fully saturated rings. The molecule has 0 aliphatic carbocycles. The molecular formula is C36H46FeN4+3. The van der Waals surface area contributed by atoms with Crippen molar-refractivity contribution in [1.82, 2.24) is 19.9 Å². The molecule has 2 aliphatic rings. The van der Waals surface area contributed by atoms with Crippen LogP contribution in [0.4, 0.5) is 0 Å². The van der Waals surface area contributed by atoms with Gasteiger partial charge in [0, 0.05) is 22.1 Å². The molecule has 0 unspecified atom stereocenters. The normalized spacial score (nSPS) is 13.3. The number of nitrogens with one attached hydrogen (secondary N) is 2. The zero-order valence-corrected chi connectivity index (χ0v) is 27.3. The molecule has 8 bridgehead atoms. The number of aromatic amines is 2. The van der Waals surface area contributed by atoms with Crippen molar-refractivity contribution in [2.45, 2.75) is 107 Å². The van der Waals surface area contributed by atoms with Gasteiger partial charge in [-0.15, -0.1) is 0 Å². The Morgan fingerprint density at radius 1 is 0.390 bits per heavy atom. The molecule has 3 aromatic heterocycles. The van der Waals surface area contributed by atoms with Crippen LogP contribution in [-0.4, -0.2) is 19.9 Å². The second-order valence-corrected chi connectivity index (χ2v) is 10.9. The fourth-order valence-corrected chi connectivity index (χ4v) is 7.10. The summed E-state index contributed by atoms with van der Waals surface area (Å²) in [6, 6.07) is 9.24. The minimum Gasteiger partial charge on any atom is -0.355 e. The average molecular weight is 591 g/mol. The van der Waals surface area contributed by atoms with Crippen molar-refractivity contribution >= 4 is 44.4 Å². The molecule has 5 rings (SSSR count). The first-order chi connectivity index (χ1) is 19.5. The summed E-state index contributed by atoms with van der Waals surface area (Å²) in [5.74, 6) is 0.